The van der Waals surface area contributed by atoms with Gasteiger partial charge in [-0.05, 0) is 47.0 Å². The van der Waals surface area contributed by atoms with Crippen LogP contribution in [0.5, 0.6) is 0 Å². The molecule has 90 valence electrons. The summed E-state index contributed by atoms with van der Waals surface area (Å²) in [7, 11) is 0. The molecule has 2 nitrogen and oxygen atoms in total. The van der Waals surface area contributed by atoms with Crippen molar-refractivity contribution in [2.75, 3.05) is 18.0 Å². The van der Waals surface area contributed by atoms with Crippen molar-refractivity contribution in [3.05, 3.63) is 28.2 Å². The molecule has 1 aromatic rings. The van der Waals surface area contributed by atoms with E-state index < -0.39 is 0 Å². The van der Waals surface area contributed by atoms with Gasteiger partial charge in [0, 0.05) is 23.0 Å². The zero-order valence-corrected chi connectivity index (χ0v) is 11.9. The third-order valence-electron chi connectivity index (χ3n) is 3.97. The molecule has 1 heterocycles. The molecule has 3 heteroatoms. The normalized spacial score (nSPS) is 17.4. The number of hydrogen-bond donors (Lipinski definition) is 0. The van der Waals surface area contributed by atoms with Crippen molar-refractivity contribution >= 4 is 21.6 Å². The summed E-state index contributed by atoms with van der Waals surface area (Å²) >= 11 is 3.55. The average Bonchev–Trinajstić information content (AvgIpc) is 2.30. The number of halogens is 1. The molecule has 0 aromatic heterocycles. The van der Waals surface area contributed by atoms with Crippen molar-refractivity contribution in [3.63, 3.8) is 0 Å². The van der Waals surface area contributed by atoms with E-state index in [4.69, 9.17) is 5.26 Å². The Morgan fingerprint density at radius 1 is 1.35 bits per heavy atom. The number of anilines is 1. The SMILES string of the molecule is CCC1(CC)CN(c2ccc(C#N)cc2Br)C1. The van der Waals surface area contributed by atoms with Crippen molar-refractivity contribution in [2.45, 2.75) is 26.7 Å². The summed E-state index contributed by atoms with van der Waals surface area (Å²) < 4.78 is 1.03. The quantitative estimate of drug-likeness (QED) is 0.843. The number of nitriles is 1. The van der Waals surface area contributed by atoms with Crippen molar-refractivity contribution < 1.29 is 0 Å². The van der Waals surface area contributed by atoms with Gasteiger partial charge in [0.2, 0.25) is 0 Å². The standard InChI is InChI=1S/C14H17BrN2/c1-3-14(4-2)9-17(10-14)13-6-5-11(8-16)7-12(13)15/h5-7H,3-4,9-10H2,1-2H3. The van der Waals surface area contributed by atoms with Crippen LogP contribution >= 0.6 is 15.9 Å². The van der Waals surface area contributed by atoms with Gasteiger partial charge < -0.3 is 4.90 Å². The highest BCUT2D eigenvalue weighted by Crippen LogP contribution is 2.42. The predicted octanol–water partition coefficient (Wildman–Crippen LogP) is 3.95. The molecule has 17 heavy (non-hydrogen) atoms. The van der Waals surface area contributed by atoms with Crippen LogP contribution in [0.3, 0.4) is 0 Å². The fourth-order valence-corrected chi connectivity index (χ4v) is 3.09. The molecule has 1 aliphatic rings. The molecule has 0 amide bonds. The van der Waals surface area contributed by atoms with Gasteiger partial charge in [0.25, 0.3) is 0 Å². The van der Waals surface area contributed by atoms with Crippen LogP contribution in [0.1, 0.15) is 32.3 Å². The van der Waals surface area contributed by atoms with E-state index in [1.54, 1.807) is 0 Å². The Morgan fingerprint density at radius 2 is 2.00 bits per heavy atom. The first-order valence-electron chi connectivity index (χ1n) is 6.09. The van der Waals surface area contributed by atoms with Gasteiger partial charge in [-0.25, -0.2) is 0 Å². The Kier molecular flexibility index (Phi) is 3.44. The van der Waals surface area contributed by atoms with Crippen molar-refractivity contribution in [1.82, 2.24) is 0 Å². The molecule has 0 saturated carbocycles. The van der Waals surface area contributed by atoms with Gasteiger partial charge in [-0.3, -0.25) is 0 Å². The van der Waals surface area contributed by atoms with Crippen molar-refractivity contribution in [2.24, 2.45) is 5.41 Å². The van der Waals surface area contributed by atoms with Crippen LogP contribution in [0.15, 0.2) is 22.7 Å². The van der Waals surface area contributed by atoms with Gasteiger partial charge in [-0.15, -0.1) is 0 Å². The van der Waals surface area contributed by atoms with Crippen molar-refractivity contribution in [1.29, 1.82) is 5.26 Å². The van der Waals surface area contributed by atoms with E-state index in [0.29, 0.717) is 11.0 Å². The highest BCUT2D eigenvalue weighted by molar-refractivity contribution is 9.10. The molecule has 0 atom stereocenters. The monoisotopic (exact) mass is 292 g/mol. The van der Waals surface area contributed by atoms with Gasteiger partial charge in [0.05, 0.1) is 17.3 Å². The van der Waals surface area contributed by atoms with Crippen LogP contribution in [-0.4, -0.2) is 13.1 Å². The predicted molar refractivity (Wildman–Crippen MR) is 74.1 cm³/mol. The largest absolute Gasteiger partial charge is 0.369 e. The van der Waals surface area contributed by atoms with E-state index in [0.717, 1.165) is 17.6 Å². The minimum atomic E-state index is 0.507. The molecule has 0 bridgehead atoms. The van der Waals surface area contributed by atoms with Crippen molar-refractivity contribution in [3.8, 4) is 6.07 Å². The first-order chi connectivity index (χ1) is 8.14. The lowest BCUT2D eigenvalue weighted by atomic mass is 9.75. The van der Waals surface area contributed by atoms with Crippen LogP contribution in [0.2, 0.25) is 0 Å². The molecule has 0 aliphatic carbocycles. The van der Waals surface area contributed by atoms with E-state index >= 15 is 0 Å². The Bertz CT molecular complexity index is 450. The molecule has 0 N–H and O–H groups in total. The number of benzene rings is 1. The zero-order chi connectivity index (χ0) is 12.5. The second-order valence-corrected chi connectivity index (χ2v) is 5.70. The second kappa shape index (κ2) is 4.70. The van der Waals surface area contributed by atoms with Gasteiger partial charge >= 0.3 is 0 Å². The van der Waals surface area contributed by atoms with Gasteiger partial charge in [-0.1, -0.05) is 13.8 Å². The first-order valence-corrected chi connectivity index (χ1v) is 6.88. The van der Waals surface area contributed by atoms with Crippen LogP contribution in [0.25, 0.3) is 0 Å². The average molecular weight is 293 g/mol. The number of nitrogens with zero attached hydrogens (tertiary/aromatic N) is 2. The van der Waals surface area contributed by atoms with E-state index in [1.807, 2.05) is 18.2 Å². The summed E-state index contributed by atoms with van der Waals surface area (Å²) in [6, 6.07) is 7.98. The Morgan fingerprint density at radius 3 is 2.47 bits per heavy atom. The molecule has 1 fully saturated rings. The van der Waals surface area contributed by atoms with Gasteiger partial charge in [-0.2, -0.15) is 5.26 Å². The summed E-state index contributed by atoms with van der Waals surface area (Å²) in [6.07, 6.45) is 2.49. The second-order valence-electron chi connectivity index (χ2n) is 4.84. The minimum absolute atomic E-state index is 0.507. The van der Waals surface area contributed by atoms with E-state index in [2.05, 4.69) is 40.7 Å². The lowest BCUT2D eigenvalue weighted by molar-refractivity contribution is 0.194. The Balaban J connectivity index is 2.14. The van der Waals surface area contributed by atoms with Gasteiger partial charge in [0.15, 0.2) is 0 Å². The summed E-state index contributed by atoms with van der Waals surface area (Å²) in [4.78, 5) is 2.39. The van der Waals surface area contributed by atoms with Crippen LogP contribution in [0, 0.1) is 16.7 Å². The van der Waals surface area contributed by atoms with Crippen LogP contribution in [-0.2, 0) is 0 Å². The summed E-state index contributed by atoms with van der Waals surface area (Å²) in [5.41, 5.74) is 2.42. The maximum absolute atomic E-state index is 8.84. The summed E-state index contributed by atoms with van der Waals surface area (Å²) in [5.74, 6) is 0. The molecule has 0 spiro atoms. The first kappa shape index (κ1) is 12.4. The molecule has 0 unspecified atom stereocenters. The molecule has 0 radical (unpaired) electrons. The molecule has 1 aromatic carbocycles. The third kappa shape index (κ3) is 2.19. The van der Waals surface area contributed by atoms with E-state index in [1.165, 1.54) is 18.5 Å². The fraction of sp³-hybridized carbons (Fsp3) is 0.500. The fourth-order valence-electron chi connectivity index (χ4n) is 2.46. The van der Waals surface area contributed by atoms with Crippen LogP contribution in [0.4, 0.5) is 5.69 Å². The lowest BCUT2D eigenvalue weighted by Gasteiger charge is -2.51. The minimum Gasteiger partial charge on any atom is -0.369 e. The highest BCUT2D eigenvalue weighted by Gasteiger charge is 2.40. The Labute approximate surface area is 111 Å². The molecule has 1 aliphatic heterocycles. The maximum atomic E-state index is 8.84. The summed E-state index contributed by atoms with van der Waals surface area (Å²) in [5, 5.41) is 8.84. The molecular formula is C14H17BrN2. The third-order valence-corrected chi connectivity index (χ3v) is 4.61. The maximum Gasteiger partial charge on any atom is 0.0992 e. The summed E-state index contributed by atoms with van der Waals surface area (Å²) in [6.45, 7) is 6.80. The lowest BCUT2D eigenvalue weighted by Crippen LogP contribution is -2.56. The highest BCUT2D eigenvalue weighted by atomic mass is 79.9. The zero-order valence-electron chi connectivity index (χ0n) is 10.3. The van der Waals surface area contributed by atoms with Crippen LogP contribution < -0.4 is 4.90 Å². The molecule has 1 saturated heterocycles. The molecule has 2 rings (SSSR count). The molecular weight excluding hydrogens is 276 g/mol. The van der Waals surface area contributed by atoms with E-state index in [9.17, 15) is 0 Å². The van der Waals surface area contributed by atoms with E-state index in [-0.39, 0.29) is 0 Å². The number of hydrogen-bond acceptors (Lipinski definition) is 2. The smallest absolute Gasteiger partial charge is 0.0992 e. The topological polar surface area (TPSA) is 27.0 Å². The Hall–Kier alpha value is -1.01. The number of rotatable bonds is 3. The van der Waals surface area contributed by atoms with Gasteiger partial charge in [0.1, 0.15) is 0 Å².